The molecule has 0 radical (unpaired) electrons. The summed E-state index contributed by atoms with van der Waals surface area (Å²) in [5.74, 6) is -0.410. The van der Waals surface area contributed by atoms with Crippen molar-refractivity contribution in [1.82, 2.24) is 0 Å². The lowest BCUT2D eigenvalue weighted by molar-refractivity contribution is 0.109. The molecule has 0 amide bonds. The summed E-state index contributed by atoms with van der Waals surface area (Å²) in [5.41, 5.74) is 0.129. The van der Waals surface area contributed by atoms with Crippen molar-refractivity contribution in [3.8, 4) is 18.2 Å². The van der Waals surface area contributed by atoms with Crippen LogP contribution in [-0.4, -0.2) is 5.60 Å². The summed E-state index contributed by atoms with van der Waals surface area (Å²) in [4.78, 5) is 0. The second kappa shape index (κ2) is 5.12. The van der Waals surface area contributed by atoms with Crippen LogP contribution in [0.15, 0.2) is 41.2 Å². The number of halogens is 1. The zero-order valence-corrected chi connectivity index (χ0v) is 11.4. The van der Waals surface area contributed by atoms with Crippen molar-refractivity contribution < 1.29 is 9.13 Å². The van der Waals surface area contributed by atoms with Gasteiger partial charge in [-0.25, -0.2) is 4.39 Å². The van der Waals surface area contributed by atoms with Gasteiger partial charge in [0.05, 0.1) is 0 Å². The molecule has 1 aliphatic heterocycles. The predicted molar refractivity (Wildman–Crippen MR) is 72.3 cm³/mol. The SMILES string of the molecule is CC1(C)OC(=C(C#N)C#N)C(C#N)=C1c1ccc(F)cc1. The summed E-state index contributed by atoms with van der Waals surface area (Å²) in [6, 6.07) is 11.1. The highest BCUT2D eigenvalue weighted by Gasteiger charge is 2.40. The summed E-state index contributed by atoms with van der Waals surface area (Å²) in [6.07, 6.45) is 0. The first kappa shape index (κ1) is 14.3. The van der Waals surface area contributed by atoms with Crippen LogP contribution in [0.25, 0.3) is 5.57 Å². The fourth-order valence-corrected chi connectivity index (χ4v) is 2.29. The van der Waals surface area contributed by atoms with Gasteiger partial charge in [-0.05, 0) is 31.5 Å². The van der Waals surface area contributed by atoms with Crippen molar-refractivity contribution >= 4 is 5.57 Å². The monoisotopic (exact) mass is 279 g/mol. The van der Waals surface area contributed by atoms with Crippen molar-refractivity contribution in [3.05, 3.63) is 52.6 Å². The quantitative estimate of drug-likeness (QED) is 0.739. The second-order valence-electron chi connectivity index (χ2n) is 4.91. The molecular weight excluding hydrogens is 269 g/mol. The number of allylic oxidation sites excluding steroid dienone is 2. The molecule has 0 spiro atoms. The summed E-state index contributed by atoms with van der Waals surface area (Å²) in [7, 11) is 0. The Labute approximate surface area is 121 Å². The molecular formula is C16H10FN3O. The Bertz CT molecular complexity index is 765. The zero-order valence-electron chi connectivity index (χ0n) is 11.4. The lowest BCUT2D eigenvalue weighted by Gasteiger charge is -2.22. The number of benzene rings is 1. The second-order valence-corrected chi connectivity index (χ2v) is 4.91. The highest BCUT2D eigenvalue weighted by Crippen LogP contribution is 2.44. The molecule has 5 heteroatoms. The summed E-state index contributed by atoms with van der Waals surface area (Å²) >= 11 is 0. The van der Waals surface area contributed by atoms with E-state index in [9.17, 15) is 9.65 Å². The van der Waals surface area contributed by atoms with Gasteiger partial charge in [0, 0.05) is 5.57 Å². The molecule has 21 heavy (non-hydrogen) atoms. The first-order chi connectivity index (χ1) is 9.94. The normalized spacial score (nSPS) is 15.7. The Morgan fingerprint density at radius 2 is 1.67 bits per heavy atom. The van der Waals surface area contributed by atoms with E-state index in [2.05, 4.69) is 0 Å². The highest BCUT2D eigenvalue weighted by atomic mass is 19.1. The smallest absolute Gasteiger partial charge is 0.172 e. The maximum Gasteiger partial charge on any atom is 0.172 e. The van der Waals surface area contributed by atoms with E-state index in [0.29, 0.717) is 11.1 Å². The van der Waals surface area contributed by atoms with E-state index in [4.69, 9.17) is 15.3 Å². The molecule has 1 aromatic rings. The molecule has 2 rings (SSSR count). The van der Waals surface area contributed by atoms with E-state index in [-0.39, 0.29) is 22.7 Å². The standard InChI is InChI=1S/C16H10FN3O/c1-16(2)14(10-3-5-12(17)6-4-10)13(9-20)15(21-16)11(7-18)8-19/h3-6H,1-2H3. The molecule has 0 aliphatic carbocycles. The van der Waals surface area contributed by atoms with Crippen LogP contribution in [0, 0.1) is 39.8 Å². The summed E-state index contributed by atoms with van der Waals surface area (Å²) in [5, 5.41) is 27.3. The van der Waals surface area contributed by atoms with Gasteiger partial charge in [-0.2, -0.15) is 15.8 Å². The van der Waals surface area contributed by atoms with E-state index in [1.54, 1.807) is 26.0 Å². The number of hydrogen-bond acceptors (Lipinski definition) is 4. The minimum Gasteiger partial charge on any atom is -0.480 e. The number of nitriles is 3. The maximum atomic E-state index is 13.1. The van der Waals surface area contributed by atoms with Crippen LogP contribution >= 0.6 is 0 Å². The Morgan fingerprint density at radius 1 is 1.10 bits per heavy atom. The number of nitrogens with zero attached hydrogens (tertiary/aromatic N) is 3. The van der Waals surface area contributed by atoms with Crippen LogP contribution in [0.4, 0.5) is 4.39 Å². The van der Waals surface area contributed by atoms with Gasteiger partial charge in [0.2, 0.25) is 0 Å². The van der Waals surface area contributed by atoms with E-state index >= 15 is 0 Å². The molecule has 4 nitrogen and oxygen atoms in total. The van der Waals surface area contributed by atoms with Gasteiger partial charge in [0.1, 0.15) is 35.2 Å². The Morgan fingerprint density at radius 3 is 2.14 bits per heavy atom. The predicted octanol–water partition coefficient (Wildman–Crippen LogP) is 3.21. The van der Waals surface area contributed by atoms with Gasteiger partial charge >= 0.3 is 0 Å². The molecule has 0 saturated heterocycles. The number of ether oxygens (including phenoxy) is 1. The zero-order chi connectivity index (χ0) is 15.6. The van der Waals surface area contributed by atoms with E-state index in [0.717, 1.165) is 0 Å². The lowest BCUT2D eigenvalue weighted by atomic mass is 9.89. The molecule has 0 N–H and O–H groups in total. The molecule has 1 aliphatic rings. The molecule has 1 aromatic carbocycles. The van der Waals surface area contributed by atoms with Gasteiger partial charge in [-0.3, -0.25) is 0 Å². The molecule has 0 atom stereocenters. The summed E-state index contributed by atoms with van der Waals surface area (Å²) in [6.45, 7) is 3.45. The van der Waals surface area contributed by atoms with Crippen molar-refractivity contribution in [2.75, 3.05) is 0 Å². The lowest BCUT2D eigenvalue weighted by Crippen LogP contribution is -2.21. The number of hydrogen-bond donors (Lipinski definition) is 0. The molecule has 0 saturated carbocycles. The minimum atomic E-state index is -0.892. The largest absolute Gasteiger partial charge is 0.480 e. The van der Waals surface area contributed by atoms with Crippen molar-refractivity contribution in [2.24, 2.45) is 0 Å². The van der Waals surface area contributed by atoms with Gasteiger partial charge in [-0.1, -0.05) is 12.1 Å². The highest BCUT2D eigenvalue weighted by molar-refractivity contribution is 5.84. The average molecular weight is 279 g/mol. The van der Waals surface area contributed by atoms with Gasteiger partial charge in [0.25, 0.3) is 0 Å². The fraction of sp³-hybridized carbons (Fsp3) is 0.188. The van der Waals surface area contributed by atoms with E-state index in [1.165, 1.54) is 24.3 Å². The Hall–Kier alpha value is -3.10. The molecule has 0 unspecified atom stereocenters. The van der Waals surface area contributed by atoms with Crippen LogP contribution in [0.1, 0.15) is 19.4 Å². The van der Waals surface area contributed by atoms with Crippen LogP contribution in [-0.2, 0) is 4.74 Å². The molecule has 1 heterocycles. The minimum absolute atomic E-state index is 0.0215. The third kappa shape index (κ3) is 2.36. The first-order valence-electron chi connectivity index (χ1n) is 6.09. The Balaban J connectivity index is 2.76. The van der Waals surface area contributed by atoms with Crippen LogP contribution in [0.2, 0.25) is 0 Å². The van der Waals surface area contributed by atoms with Crippen LogP contribution in [0.3, 0.4) is 0 Å². The fourth-order valence-electron chi connectivity index (χ4n) is 2.29. The third-order valence-corrected chi connectivity index (χ3v) is 3.13. The Kier molecular flexibility index (Phi) is 3.49. The van der Waals surface area contributed by atoms with Gasteiger partial charge in [0.15, 0.2) is 11.3 Å². The first-order valence-corrected chi connectivity index (χ1v) is 6.09. The molecule has 102 valence electrons. The van der Waals surface area contributed by atoms with E-state index in [1.807, 2.05) is 6.07 Å². The van der Waals surface area contributed by atoms with E-state index < -0.39 is 5.60 Å². The molecule has 0 fully saturated rings. The van der Waals surface area contributed by atoms with Crippen molar-refractivity contribution in [2.45, 2.75) is 19.4 Å². The van der Waals surface area contributed by atoms with Crippen LogP contribution in [0.5, 0.6) is 0 Å². The van der Waals surface area contributed by atoms with Crippen molar-refractivity contribution in [1.29, 1.82) is 15.8 Å². The van der Waals surface area contributed by atoms with Gasteiger partial charge in [-0.15, -0.1) is 0 Å². The average Bonchev–Trinajstić information content (AvgIpc) is 2.72. The topological polar surface area (TPSA) is 80.6 Å². The maximum absolute atomic E-state index is 13.1. The van der Waals surface area contributed by atoms with Crippen molar-refractivity contribution in [3.63, 3.8) is 0 Å². The van der Waals surface area contributed by atoms with Crippen LogP contribution < -0.4 is 0 Å². The summed E-state index contributed by atoms with van der Waals surface area (Å²) < 4.78 is 18.7. The number of rotatable bonds is 1. The molecule has 0 aromatic heterocycles. The van der Waals surface area contributed by atoms with Gasteiger partial charge < -0.3 is 4.74 Å². The molecule has 0 bridgehead atoms. The third-order valence-electron chi connectivity index (χ3n) is 3.13.